The maximum absolute atomic E-state index is 4.81. The molecule has 1 saturated heterocycles. The van der Waals surface area contributed by atoms with E-state index in [0.717, 1.165) is 41.8 Å². The van der Waals surface area contributed by atoms with E-state index in [1.165, 1.54) is 6.42 Å². The first-order chi connectivity index (χ1) is 11.9. The molecule has 1 fully saturated rings. The Morgan fingerprint density at radius 1 is 1.12 bits per heavy atom. The molecule has 1 atom stereocenters. The van der Waals surface area contributed by atoms with Gasteiger partial charge in [-0.2, -0.15) is 0 Å². The van der Waals surface area contributed by atoms with Gasteiger partial charge in [-0.05, 0) is 43.7 Å². The van der Waals surface area contributed by atoms with Crippen LogP contribution in [-0.2, 0) is 6.54 Å². The summed E-state index contributed by atoms with van der Waals surface area (Å²) >= 11 is 1.58. The molecule has 0 saturated carbocycles. The molecule has 1 aliphatic heterocycles. The molecule has 6 heteroatoms. The molecule has 0 radical (unpaired) electrons. The standard InChI is InChI=1S/C18H19N5S/c1-2-9-19-14(5-1)13-23-11-4-7-16(23)15-6-3-8-17(21-15)22-18-20-10-12-24-18/h1-3,5-6,8-10,12,16H,4,7,11,13H2,(H,20,21,22). The van der Waals surface area contributed by atoms with Crippen LogP contribution < -0.4 is 5.32 Å². The Labute approximate surface area is 145 Å². The molecular weight excluding hydrogens is 318 g/mol. The number of hydrogen-bond donors (Lipinski definition) is 1. The van der Waals surface area contributed by atoms with Gasteiger partial charge in [0.15, 0.2) is 5.13 Å². The molecule has 0 aliphatic carbocycles. The van der Waals surface area contributed by atoms with Crippen molar-refractivity contribution in [3.8, 4) is 0 Å². The van der Waals surface area contributed by atoms with Crippen LogP contribution in [0.15, 0.2) is 54.2 Å². The molecule has 4 rings (SSSR count). The number of anilines is 2. The first kappa shape index (κ1) is 15.2. The van der Waals surface area contributed by atoms with Crippen LogP contribution >= 0.6 is 11.3 Å². The highest BCUT2D eigenvalue weighted by molar-refractivity contribution is 7.13. The van der Waals surface area contributed by atoms with Crippen molar-refractivity contribution in [1.29, 1.82) is 0 Å². The number of thiazole rings is 1. The molecule has 4 heterocycles. The van der Waals surface area contributed by atoms with Crippen molar-refractivity contribution in [2.24, 2.45) is 0 Å². The predicted molar refractivity (Wildman–Crippen MR) is 96.3 cm³/mol. The third-order valence-corrected chi connectivity index (χ3v) is 4.92. The highest BCUT2D eigenvalue weighted by atomic mass is 32.1. The van der Waals surface area contributed by atoms with Gasteiger partial charge in [0.1, 0.15) is 5.82 Å². The van der Waals surface area contributed by atoms with Gasteiger partial charge in [-0.15, -0.1) is 11.3 Å². The second kappa shape index (κ2) is 7.07. The molecule has 24 heavy (non-hydrogen) atoms. The minimum Gasteiger partial charge on any atom is -0.316 e. The molecule has 0 amide bonds. The van der Waals surface area contributed by atoms with Crippen LogP contribution in [0, 0.1) is 0 Å². The molecule has 1 unspecified atom stereocenters. The Kier molecular flexibility index (Phi) is 4.49. The monoisotopic (exact) mass is 337 g/mol. The van der Waals surface area contributed by atoms with E-state index in [4.69, 9.17) is 4.98 Å². The number of nitrogens with one attached hydrogen (secondary N) is 1. The molecule has 0 aromatic carbocycles. The fraction of sp³-hybridized carbons (Fsp3) is 0.278. The fourth-order valence-corrected chi connectivity index (χ4v) is 3.69. The Bertz CT molecular complexity index is 775. The molecule has 1 N–H and O–H groups in total. The van der Waals surface area contributed by atoms with E-state index in [1.54, 1.807) is 17.5 Å². The quantitative estimate of drug-likeness (QED) is 0.762. The third kappa shape index (κ3) is 3.44. The number of hydrogen-bond acceptors (Lipinski definition) is 6. The SMILES string of the molecule is c1ccc(CN2CCCC2c2cccc(Nc3nccs3)n2)nc1. The molecule has 0 spiro atoms. The van der Waals surface area contributed by atoms with E-state index in [9.17, 15) is 0 Å². The van der Waals surface area contributed by atoms with E-state index < -0.39 is 0 Å². The topological polar surface area (TPSA) is 53.9 Å². The second-order valence-electron chi connectivity index (χ2n) is 5.86. The molecular formula is C18H19N5S. The van der Waals surface area contributed by atoms with Crippen LogP contribution in [0.1, 0.15) is 30.3 Å². The van der Waals surface area contributed by atoms with Gasteiger partial charge >= 0.3 is 0 Å². The summed E-state index contributed by atoms with van der Waals surface area (Å²) in [4.78, 5) is 16.0. The lowest BCUT2D eigenvalue weighted by Crippen LogP contribution is -2.24. The molecule has 1 aliphatic rings. The maximum Gasteiger partial charge on any atom is 0.188 e. The maximum atomic E-state index is 4.81. The summed E-state index contributed by atoms with van der Waals surface area (Å²) in [5, 5.41) is 6.11. The summed E-state index contributed by atoms with van der Waals surface area (Å²) < 4.78 is 0. The van der Waals surface area contributed by atoms with Gasteiger partial charge in [0, 0.05) is 24.3 Å². The van der Waals surface area contributed by atoms with Crippen LogP contribution in [0.5, 0.6) is 0 Å². The first-order valence-corrected chi connectivity index (χ1v) is 9.04. The normalized spacial score (nSPS) is 17.9. The summed E-state index contributed by atoms with van der Waals surface area (Å²) in [7, 11) is 0. The van der Waals surface area contributed by atoms with Gasteiger partial charge in [0.2, 0.25) is 0 Å². The summed E-state index contributed by atoms with van der Waals surface area (Å²) in [5.74, 6) is 0.854. The van der Waals surface area contributed by atoms with Crippen molar-refractivity contribution >= 4 is 22.3 Å². The van der Waals surface area contributed by atoms with Crippen molar-refractivity contribution in [3.05, 3.63) is 65.6 Å². The minimum absolute atomic E-state index is 0.352. The number of aromatic nitrogens is 3. The number of nitrogens with zero attached hydrogens (tertiary/aromatic N) is 4. The van der Waals surface area contributed by atoms with Gasteiger partial charge in [-0.3, -0.25) is 9.88 Å². The predicted octanol–water partition coefficient (Wildman–Crippen LogP) is 4.01. The second-order valence-corrected chi connectivity index (χ2v) is 6.75. The van der Waals surface area contributed by atoms with Crippen LogP contribution in [0.4, 0.5) is 10.9 Å². The van der Waals surface area contributed by atoms with E-state index in [-0.39, 0.29) is 0 Å². The van der Waals surface area contributed by atoms with Crippen molar-refractivity contribution in [2.75, 3.05) is 11.9 Å². The van der Waals surface area contributed by atoms with Crippen molar-refractivity contribution in [1.82, 2.24) is 19.9 Å². The van der Waals surface area contributed by atoms with Crippen LogP contribution in [0.2, 0.25) is 0 Å². The number of rotatable bonds is 5. The van der Waals surface area contributed by atoms with Crippen LogP contribution in [-0.4, -0.2) is 26.4 Å². The zero-order valence-electron chi connectivity index (χ0n) is 13.3. The highest BCUT2D eigenvalue weighted by Gasteiger charge is 2.27. The lowest BCUT2D eigenvalue weighted by molar-refractivity contribution is 0.241. The highest BCUT2D eigenvalue weighted by Crippen LogP contribution is 2.32. The Balaban J connectivity index is 1.51. The Morgan fingerprint density at radius 2 is 2.12 bits per heavy atom. The lowest BCUT2D eigenvalue weighted by Gasteiger charge is -2.24. The smallest absolute Gasteiger partial charge is 0.188 e. The Hall–Kier alpha value is -2.31. The average Bonchev–Trinajstić information content (AvgIpc) is 3.28. The molecule has 5 nitrogen and oxygen atoms in total. The fourth-order valence-electron chi connectivity index (χ4n) is 3.15. The van der Waals surface area contributed by atoms with Gasteiger partial charge < -0.3 is 5.32 Å². The van der Waals surface area contributed by atoms with E-state index in [0.29, 0.717) is 6.04 Å². The van der Waals surface area contributed by atoms with Gasteiger partial charge in [0.25, 0.3) is 0 Å². The van der Waals surface area contributed by atoms with Crippen molar-refractivity contribution < 1.29 is 0 Å². The minimum atomic E-state index is 0.352. The van der Waals surface area contributed by atoms with Gasteiger partial charge in [-0.1, -0.05) is 12.1 Å². The summed E-state index contributed by atoms with van der Waals surface area (Å²) in [6.45, 7) is 1.96. The summed E-state index contributed by atoms with van der Waals surface area (Å²) in [5.41, 5.74) is 2.23. The number of pyridine rings is 2. The van der Waals surface area contributed by atoms with Gasteiger partial charge in [-0.25, -0.2) is 9.97 Å². The zero-order chi connectivity index (χ0) is 16.2. The zero-order valence-corrected chi connectivity index (χ0v) is 14.1. The Morgan fingerprint density at radius 3 is 2.96 bits per heavy atom. The van der Waals surface area contributed by atoms with E-state index in [2.05, 4.69) is 38.4 Å². The summed E-state index contributed by atoms with van der Waals surface area (Å²) in [6.07, 6.45) is 5.99. The molecule has 3 aromatic rings. The first-order valence-electron chi connectivity index (χ1n) is 8.16. The average molecular weight is 337 g/mol. The third-order valence-electron chi connectivity index (χ3n) is 4.23. The molecule has 122 valence electrons. The molecule has 0 bridgehead atoms. The lowest BCUT2D eigenvalue weighted by atomic mass is 10.1. The number of likely N-dealkylation sites (tertiary alicyclic amines) is 1. The van der Waals surface area contributed by atoms with E-state index in [1.807, 2.05) is 29.8 Å². The summed E-state index contributed by atoms with van der Waals surface area (Å²) in [6, 6.07) is 12.6. The van der Waals surface area contributed by atoms with Crippen molar-refractivity contribution in [3.63, 3.8) is 0 Å². The van der Waals surface area contributed by atoms with Crippen LogP contribution in [0.3, 0.4) is 0 Å². The van der Waals surface area contributed by atoms with Gasteiger partial charge in [0.05, 0.1) is 17.4 Å². The van der Waals surface area contributed by atoms with E-state index >= 15 is 0 Å². The molecule has 3 aromatic heterocycles. The van der Waals surface area contributed by atoms with Crippen LogP contribution in [0.25, 0.3) is 0 Å². The largest absolute Gasteiger partial charge is 0.316 e. The van der Waals surface area contributed by atoms with Crippen molar-refractivity contribution in [2.45, 2.75) is 25.4 Å².